The van der Waals surface area contributed by atoms with Crippen LogP contribution in [0.3, 0.4) is 0 Å². The molecule has 0 bridgehead atoms. The first kappa shape index (κ1) is 20.9. The Morgan fingerprint density at radius 2 is 2.21 bits per heavy atom. The van der Waals surface area contributed by atoms with Gasteiger partial charge in [0.25, 0.3) is 0 Å². The molecule has 0 saturated carbocycles. The molecule has 2 aromatic heterocycles. The van der Waals surface area contributed by atoms with Gasteiger partial charge in [0.1, 0.15) is 5.69 Å². The van der Waals surface area contributed by atoms with Crippen LogP contribution in [0.25, 0.3) is 0 Å². The Hall–Kier alpha value is -2.85. The van der Waals surface area contributed by atoms with Crippen LogP contribution >= 0.6 is 0 Å². The summed E-state index contributed by atoms with van der Waals surface area (Å²) < 4.78 is 40.0. The molecule has 158 valence electrons. The van der Waals surface area contributed by atoms with Crippen molar-refractivity contribution < 1.29 is 13.2 Å². The highest BCUT2D eigenvalue weighted by atomic mass is 19.4. The van der Waals surface area contributed by atoms with Crippen LogP contribution in [-0.2, 0) is 13.2 Å². The maximum atomic E-state index is 12.7. The van der Waals surface area contributed by atoms with Crippen LogP contribution in [0.15, 0.2) is 29.6 Å². The smallest absolute Gasteiger partial charge is 0.357 e. The first-order chi connectivity index (χ1) is 13.9. The van der Waals surface area contributed by atoms with Gasteiger partial charge in [-0.3, -0.25) is 9.67 Å². The predicted octanol–water partition coefficient (Wildman–Crippen LogP) is 2.10. The Morgan fingerprint density at radius 3 is 2.90 bits per heavy atom. The van der Waals surface area contributed by atoms with E-state index in [1.165, 1.54) is 5.56 Å². The van der Waals surface area contributed by atoms with E-state index in [2.05, 4.69) is 35.6 Å². The number of nitrogens with one attached hydrogen (secondary N) is 2. The van der Waals surface area contributed by atoms with Gasteiger partial charge in [-0.2, -0.15) is 18.3 Å². The molecule has 1 atom stereocenters. The Kier molecular flexibility index (Phi) is 6.55. The number of hydrogen-bond acceptors (Lipinski definition) is 5. The molecule has 0 radical (unpaired) electrons. The first-order valence-electron chi connectivity index (χ1n) is 9.52. The Labute approximate surface area is 167 Å². The van der Waals surface area contributed by atoms with Gasteiger partial charge in [0.05, 0.1) is 12.7 Å². The van der Waals surface area contributed by atoms with Gasteiger partial charge in [0.2, 0.25) is 5.95 Å². The molecule has 0 spiro atoms. The van der Waals surface area contributed by atoms with Crippen LogP contribution in [0.2, 0.25) is 0 Å². The van der Waals surface area contributed by atoms with Crippen molar-refractivity contribution in [2.75, 3.05) is 38.0 Å². The van der Waals surface area contributed by atoms with Crippen molar-refractivity contribution in [2.45, 2.75) is 25.4 Å². The van der Waals surface area contributed by atoms with Crippen molar-refractivity contribution in [1.29, 1.82) is 0 Å². The van der Waals surface area contributed by atoms with Crippen molar-refractivity contribution in [1.82, 2.24) is 30.0 Å². The molecule has 1 fully saturated rings. The average molecular weight is 410 g/mol. The Morgan fingerprint density at radius 1 is 1.38 bits per heavy atom. The molecular weight excluding hydrogens is 385 g/mol. The predicted molar refractivity (Wildman–Crippen MR) is 104 cm³/mol. The van der Waals surface area contributed by atoms with Crippen molar-refractivity contribution >= 4 is 11.9 Å². The number of likely N-dealkylation sites (tertiary alicyclic amines) is 1. The van der Waals surface area contributed by atoms with Gasteiger partial charge in [0.15, 0.2) is 5.96 Å². The van der Waals surface area contributed by atoms with Gasteiger partial charge in [-0.25, -0.2) is 9.97 Å². The molecule has 0 aromatic carbocycles. The third-order valence-electron chi connectivity index (χ3n) is 4.62. The number of nitrogens with zero attached hydrogens (tertiary/aromatic N) is 6. The molecule has 1 unspecified atom stereocenters. The van der Waals surface area contributed by atoms with Gasteiger partial charge in [-0.1, -0.05) is 0 Å². The molecule has 11 heteroatoms. The Bertz CT molecular complexity index is 833. The molecule has 1 saturated heterocycles. The molecule has 2 N–H and O–H groups in total. The summed E-state index contributed by atoms with van der Waals surface area (Å²) in [5, 5.41) is 10.3. The minimum atomic E-state index is -4.49. The summed E-state index contributed by atoms with van der Waals surface area (Å²) in [6.07, 6.45) is 1.56. The second-order valence-corrected chi connectivity index (χ2v) is 6.80. The monoisotopic (exact) mass is 410 g/mol. The van der Waals surface area contributed by atoms with Crippen molar-refractivity contribution in [3.8, 4) is 0 Å². The summed E-state index contributed by atoms with van der Waals surface area (Å²) >= 11 is 0. The zero-order chi connectivity index (χ0) is 20.9. The molecule has 1 aliphatic rings. The van der Waals surface area contributed by atoms with Crippen molar-refractivity contribution in [3.05, 3.63) is 35.9 Å². The number of guanidine groups is 1. The number of anilines is 1. The quantitative estimate of drug-likeness (QED) is 0.431. The van der Waals surface area contributed by atoms with Crippen LogP contribution in [0.5, 0.6) is 0 Å². The van der Waals surface area contributed by atoms with E-state index in [1.807, 2.05) is 26.4 Å². The van der Waals surface area contributed by atoms with Gasteiger partial charge in [0, 0.05) is 51.5 Å². The summed E-state index contributed by atoms with van der Waals surface area (Å²) in [5.41, 5.74) is 0.250. The zero-order valence-electron chi connectivity index (χ0n) is 16.4. The van der Waals surface area contributed by atoms with Crippen LogP contribution < -0.4 is 10.6 Å². The topological polar surface area (TPSA) is 83.3 Å². The number of alkyl halides is 3. The second kappa shape index (κ2) is 9.10. The summed E-state index contributed by atoms with van der Waals surface area (Å²) in [6.45, 7) is 5.18. The second-order valence-electron chi connectivity index (χ2n) is 6.80. The van der Waals surface area contributed by atoms with Gasteiger partial charge < -0.3 is 15.5 Å². The molecule has 0 amide bonds. The zero-order valence-corrected chi connectivity index (χ0v) is 16.4. The van der Waals surface area contributed by atoms with Crippen LogP contribution in [0.1, 0.15) is 30.5 Å². The third kappa shape index (κ3) is 5.58. The maximum Gasteiger partial charge on any atom is 0.433 e. The number of aliphatic imine (C=N–C) groups is 1. The number of aromatic nitrogens is 4. The summed E-state index contributed by atoms with van der Waals surface area (Å²) in [4.78, 5) is 14.1. The van der Waals surface area contributed by atoms with Gasteiger partial charge in [-0.05, 0) is 25.0 Å². The third-order valence-corrected chi connectivity index (χ3v) is 4.62. The fourth-order valence-corrected chi connectivity index (χ4v) is 3.23. The number of halogens is 3. The average Bonchev–Trinajstić information content (AvgIpc) is 3.33. The minimum Gasteiger partial charge on any atom is -0.357 e. The number of aryl methyl sites for hydroxylation is 1. The lowest BCUT2D eigenvalue weighted by Crippen LogP contribution is -2.40. The molecule has 8 nitrogen and oxygen atoms in total. The molecule has 2 aromatic rings. The largest absolute Gasteiger partial charge is 0.433 e. The van der Waals surface area contributed by atoms with E-state index in [1.54, 1.807) is 4.68 Å². The molecule has 0 aliphatic carbocycles. The van der Waals surface area contributed by atoms with Crippen LogP contribution in [0, 0.1) is 0 Å². The standard InChI is InChI=1S/C18H25F3N8/c1-3-22-17(29-9-5-13(12-29)14-10-26-28(2)11-14)25-8-7-24-16-23-6-4-15(27-16)18(19,20)21/h4,6,10-11,13H,3,5,7-9,12H2,1-2H3,(H,22,25)(H,23,24,27). The lowest BCUT2D eigenvalue weighted by molar-refractivity contribution is -0.141. The molecule has 29 heavy (non-hydrogen) atoms. The minimum absolute atomic E-state index is 0.0576. The molecule has 1 aliphatic heterocycles. The fraction of sp³-hybridized carbons (Fsp3) is 0.556. The lowest BCUT2D eigenvalue weighted by atomic mass is 10.0. The van der Waals surface area contributed by atoms with E-state index in [9.17, 15) is 13.2 Å². The lowest BCUT2D eigenvalue weighted by Gasteiger charge is -2.21. The molecular formula is C18H25F3N8. The van der Waals surface area contributed by atoms with Gasteiger partial charge in [-0.15, -0.1) is 0 Å². The maximum absolute atomic E-state index is 12.7. The van der Waals surface area contributed by atoms with E-state index < -0.39 is 11.9 Å². The first-order valence-corrected chi connectivity index (χ1v) is 9.52. The van der Waals surface area contributed by atoms with E-state index in [0.717, 1.165) is 44.3 Å². The van der Waals surface area contributed by atoms with Crippen LogP contribution in [-0.4, -0.2) is 63.3 Å². The van der Waals surface area contributed by atoms with E-state index in [-0.39, 0.29) is 5.95 Å². The Balaban J connectivity index is 1.55. The van der Waals surface area contributed by atoms with Crippen LogP contribution in [0.4, 0.5) is 19.1 Å². The summed E-state index contributed by atoms with van der Waals surface area (Å²) in [5.74, 6) is 1.15. The number of rotatable bonds is 6. The van der Waals surface area contributed by atoms with Gasteiger partial charge >= 0.3 is 6.18 Å². The SMILES string of the molecule is CCNC(=NCCNc1nccc(C(F)(F)F)n1)N1CCC(c2cnn(C)c2)C1. The summed E-state index contributed by atoms with van der Waals surface area (Å²) in [6, 6.07) is 0.846. The highest BCUT2D eigenvalue weighted by Gasteiger charge is 2.32. The van der Waals surface area contributed by atoms with Crippen molar-refractivity contribution in [3.63, 3.8) is 0 Å². The normalized spacial score (nSPS) is 17.6. The van der Waals surface area contributed by atoms with E-state index in [0.29, 0.717) is 19.0 Å². The molecule has 3 heterocycles. The fourth-order valence-electron chi connectivity index (χ4n) is 3.23. The number of hydrogen-bond donors (Lipinski definition) is 2. The highest BCUT2D eigenvalue weighted by Crippen LogP contribution is 2.28. The van der Waals surface area contributed by atoms with E-state index >= 15 is 0 Å². The highest BCUT2D eigenvalue weighted by molar-refractivity contribution is 5.80. The van der Waals surface area contributed by atoms with E-state index in [4.69, 9.17) is 0 Å². The molecule has 3 rings (SSSR count). The summed E-state index contributed by atoms with van der Waals surface area (Å²) in [7, 11) is 1.91. The van der Waals surface area contributed by atoms with Crippen molar-refractivity contribution in [2.24, 2.45) is 12.0 Å².